The second-order valence-electron chi connectivity index (χ2n) is 2.78. The number of anilines is 1. The zero-order chi connectivity index (χ0) is 10.3. The first-order valence-corrected chi connectivity index (χ1v) is 3.88. The van der Waals surface area contributed by atoms with E-state index in [-0.39, 0.29) is 16.8 Å². The molecular formula is C9H7NO4. The van der Waals surface area contributed by atoms with Crippen molar-refractivity contribution in [2.75, 3.05) is 12.8 Å². The van der Waals surface area contributed by atoms with Crippen molar-refractivity contribution < 1.29 is 19.1 Å². The molecule has 0 atom stereocenters. The molecular weight excluding hydrogens is 186 g/mol. The highest BCUT2D eigenvalue weighted by molar-refractivity contribution is 6.17. The van der Waals surface area contributed by atoms with Crippen LogP contribution in [0.15, 0.2) is 12.1 Å². The molecule has 0 unspecified atom stereocenters. The number of nitrogen functional groups attached to an aromatic ring is 1. The molecule has 5 heteroatoms. The molecule has 1 aromatic rings. The summed E-state index contributed by atoms with van der Waals surface area (Å²) in [6, 6.07) is 2.98. The smallest absolute Gasteiger partial charge is 0.349 e. The Balaban J connectivity index is 2.70. The molecule has 0 saturated heterocycles. The molecule has 1 aromatic carbocycles. The topological polar surface area (TPSA) is 78.6 Å². The Bertz CT molecular complexity index is 439. The van der Waals surface area contributed by atoms with Gasteiger partial charge >= 0.3 is 11.9 Å². The Morgan fingerprint density at radius 3 is 2.64 bits per heavy atom. The predicted molar refractivity (Wildman–Crippen MR) is 47.2 cm³/mol. The van der Waals surface area contributed by atoms with Gasteiger partial charge in [0.15, 0.2) is 0 Å². The molecule has 72 valence electrons. The molecule has 0 amide bonds. The van der Waals surface area contributed by atoms with Gasteiger partial charge in [0.05, 0.1) is 18.4 Å². The van der Waals surface area contributed by atoms with E-state index < -0.39 is 11.9 Å². The molecule has 2 N–H and O–H groups in total. The summed E-state index contributed by atoms with van der Waals surface area (Å²) in [5.41, 5.74) is 6.04. The third-order valence-corrected chi connectivity index (χ3v) is 2.03. The second kappa shape index (κ2) is 2.73. The summed E-state index contributed by atoms with van der Waals surface area (Å²) in [5, 5.41) is 0. The maximum Gasteiger partial charge on any atom is 0.349 e. The molecule has 0 aliphatic carbocycles. The van der Waals surface area contributed by atoms with E-state index in [0.29, 0.717) is 5.75 Å². The third kappa shape index (κ3) is 0.953. The zero-order valence-corrected chi connectivity index (χ0v) is 7.37. The van der Waals surface area contributed by atoms with Gasteiger partial charge < -0.3 is 15.2 Å². The van der Waals surface area contributed by atoms with Crippen LogP contribution in [0.25, 0.3) is 0 Å². The normalized spacial score (nSPS) is 13.8. The lowest BCUT2D eigenvalue weighted by atomic mass is 10.1. The molecule has 0 spiro atoms. The highest BCUT2D eigenvalue weighted by Crippen LogP contribution is 2.32. The van der Waals surface area contributed by atoms with Crippen molar-refractivity contribution in [3.05, 3.63) is 23.3 Å². The average molecular weight is 193 g/mol. The molecule has 2 rings (SSSR count). The molecule has 0 aromatic heterocycles. The van der Waals surface area contributed by atoms with E-state index in [1.807, 2.05) is 0 Å². The largest absolute Gasteiger partial charge is 0.495 e. The Labute approximate surface area is 79.4 Å². The van der Waals surface area contributed by atoms with Crippen molar-refractivity contribution in [1.29, 1.82) is 0 Å². The molecule has 0 radical (unpaired) electrons. The molecule has 0 bridgehead atoms. The lowest BCUT2D eigenvalue weighted by Gasteiger charge is -2.05. The number of benzene rings is 1. The first-order chi connectivity index (χ1) is 6.65. The Morgan fingerprint density at radius 2 is 2.00 bits per heavy atom. The number of hydrogen-bond acceptors (Lipinski definition) is 5. The minimum Gasteiger partial charge on any atom is -0.495 e. The summed E-state index contributed by atoms with van der Waals surface area (Å²) >= 11 is 0. The maximum atomic E-state index is 11.2. The van der Waals surface area contributed by atoms with Crippen LogP contribution in [0.3, 0.4) is 0 Å². The van der Waals surface area contributed by atoms with Crippen LogP contribution in [0, 0.1) is 0 Å². The highest BCUT2D eigenvalue weighted by atomic mass is 16.6. The quantitative estimate of drug-likeness (QED) is 0.401. The van der Waals surface area contributed by atoms with Gasteiger partial charge in [0.2, 0.25) is 0 Å². The number of esters is 2. The van der Waals surface area contributed by atoms with E-state index in [0.717, 1.165) is 0 Å². The lowest BCUT2D eigenvalue weighted by Crippen LogP contribution is -2.02. The molecule has 0 saturated carbocycles. The van der Waals surface area contributed by atoms with Gasteiger partial charge in [-0.15, -0.1) is 0 Å². The van der Waals surface area contributed by atoms with Crippen LogP contribution in [-0.4, -0.2) is 19.0 Å². The van der Waals surface area contributed by atoms with E-state index >= 15 is 0 Å². The Kier molecular flexibility index (Phi) is 1.67. The summed E-state index contributed by atoms with van der Waals surface area (Å²) in [6.45, 7) is 0. The van der Waals surface area contributed by atoms with Crippen LogP contribution < -0.4 is 10.5 Å². The predicted octanol–water partition coefficient (Wildman–Crippen LogP) is 0.588. The molecule has 1 aliphatic rings. The highest BCUT2D eigenvalue weighted by Gasteiger charge is 2.32. The fraction of sp³-hybridized carbons (Fsp3) is 0.111. The number of methoxy groups -OCH3 is 1. The van der Waals surface area contributed by atoms with Crippen molar-refractivity contribution in [2.24, 2.45) is 0 Å². The van der Waals surface area contributed by atoms with Crippen molar-refractivity contribution in [1.82, 2.24) is 0 Å². The van der Waals surface area contributed by atoms with Crippen molar-refractivity contribution in [2.45, 2.75) is 0 Å². The van der Waals surface area contributed by atoms with Gasteiger partial charge in [-0.05, 0) is 12.1 Å². The lowest BCUT2D eigenvalue weighted by molar-refractivity contribution is 0.0444. The van der Waals surface area contributed by atoms with Crippen LogP contribution in [0.4, 0.5) is 5.69 Å². The number of rotatable bonds is 1. The molecule has 0 fully saturated rings. The number of fused-ring (bicyclic) bond motifs is 1. The van der Waals surface area contributed by atoms with Gasteiger partial charge in [-0.3, -0.25) is 0 Å². The molecule has 1 aliphatic heterocycles. The first-order valence-electron chi connectivity index (χ1n) is 3.88. The minimum atomic E-state index is -0.721. The fourth-order valence-electron chi connectivity index (χ4n) is 1.36. The SMILES string of the molecule is COc1ccc2c(c1N)C(=O)OC2=O. The Morgan fingerprint density at radius 1 is 1.29 bits per heavy atom. The molecule has 1 heterocycles. The van der Waals surface area contributed by atoms with Crippen molar-refractivity contribution >= 4 is 17.6 Å². The van der Waals surface area contributed by atoms with E-state index in [2.05, 4.69) is 4.74 Å². The summed E-state index contributed by atoms with van der Waals surface area (Å²) in [6.07, 6.45) is 0. The number of carbonyl (C=O) groups is 2. The van der Waals surface area contributed by atoms with Gasteiger partial charge in [0.1, 0.15) is 11.3 Å². The maximum absolute atomic E-state index is 11.2. The van der Waals surface area contributed by atoms with Gasteiger partial charge in [-0.1, -0.05) is 0 Å². The van der Waals surface area contributed by atoms with Crippen LogP contribution in [0.5, 0.6) is 5.75 Å². The summed E-state index contributed by atoms with van der Waals surface area (Å²) in [4.78, 5) is 22.3. The van der Waals surface area contributed by atoms with Crippen LogP contribution in [0.2, 0.25) is 0 Å². The number of cyclic esters (lactones) is 2. The van der Waals surface area contributed by atoms with E-state index in [4.69, 9.17) is 10.5 Å². The fourth-order valence-corrected chi connectivity index (χ4v) is 1.36. The third-order valence-electron chi connectivity index (χ3n) is 2.03. The van der Waals surface area contributed by atoms with Gasteiger partial charge in [0.25, 0.3) is 0 Å². The minimum absolute atomic E-state index is 0.0920. The number of hydrogen-bond donors (Lipinski definition) is 1. The Hall–Kier alpha value is -2.04. The van der Waals surface area contributed by atoms with Gasteiger partial charge in [-0.25, -0.2) is 9.59 Å². The van der Waals surface area contributed by atoms with Crippen LogP contribution in [-0.2, 0) is 4.74 Å². The van der Waals surface area contributed by atoms with Crippen LogP contribution >= 0.6 is 0 Å². The summed E-state index contributed by atoms with van der Waals surface area (Å²) < 4.78 is 9.31. The monoisotopic (exact) mass is 193 g/mol. The van der Waals surface area contributed by atoms with Crippen molar-refractivity contribution in [3.63, 3.8) is 0 Å². The standard InChI is InChI=1S/C9H7NO4/c1-13-5-3-2-4-6(7(5)10)9(12)14-8(4)11/h2-3H,10H2,1H3. The summed E-state index contributed by atoms with van der Waals surface area (Å²) in [5.74, 6) is -1.03. The first kappa shape index (κ1) is 8.55. The van der Waals surface area contributed by atoms with Crippen molar-refractivity contribution in [3.8, 4) is 5.75 Å². The number of carbonyl (C=O) groups excluding carboxylic acids is 2. The average Bonchev–Trinajstić information content (AvgIpc) is 2.44. The van der Waals surface area contributed by atoms with E-state index in [9.17, 15) is 9.59 Å². The number of nitrogens with two attached hydrogens (primary N) is 1. The molecule has 14 heavy (non-hydrogen) atoms. The second-order valence-corrected chi connectivity index (χ2v) is 2.78. The van der Waals surface area contributed by atoms with E-state index in [1.165, 1.54) is 19.2 Å². The van der Waals surface area contributed by atoms with E-state index in [1.54, 1.807) is 0 Å². The number of ether oxygens (including phenoxy) is 2. The van der Waals surface area contributed by atoms with Gasteiger partial charge in [-0.2, -0.15) is 0 Å². The summed E-state index contributed by atoms with van der Waals surface area (Å²) in [7, 11) is 1.43. The van der Waals surface area contributed by atoms with Gasteiger partial charge in [0, 0.05) is 0 Å². The zero-order valence-electron chi connectivity index (χ0n) is 7.37. The molecule has 5 nitrogen and oxygen atoms in total. The van der Waals surface area contributed by atoms with Crippen LogP contribution in [0.1, 0.15) is 20.7 Å².